The predicted molar refractivity (Wildman–Crippen MR) is 125 cm³/mol. The number of amides is 1. The van der Waals surface area contributed by atoms with Crippen molar-refractivity contribution >= 4 is 22.8 Å². The summed E-state index contributed by atoms with van der Waals surface area (Å²) in [5.41, 5.74) is 2.32. The first-order chi connectivity index (χ1) is 17.0. The second-order valence-electron chi connectivity index (χ2n) is 8.58. The van der Waals surface area contributed by atoms with Gasteiger partial charge in [-0.25, -0.2) is 15.0 Å². The van der Waals surface area contributed by atoms with Crippen molar-refractivity contribution in [2.24, 2.45) is 0 Å². The van der Waals surface area contributed by atoms with Gasteiger partial charge in [0.2, 0.25) is 5.88 Å². The highest BCUT2D eigenvalue weighted by molar-refractivity contribution is 5.94. The highest BCUT2D eigenvalue weighted by atomic mass is 16.5. The molecule has 2 aliphatic rings. The van der Waals surface area contributed by atoms with Gasteiger partial charge in [-0.2, -0.15) is 0 Å². The number of hydrogen-bond acceptors (Lipinski definition) is 10. The van der Waals surface area contributed by atoms with Crippen LogP contribution in [0.15, 0.2) is 36.5 Å². The number of para-hydroxylation sites is 1. The maximum atomic E-state index is 11.5. The fourth-order valence-electron chi connectivity index (χ4n) is 4.32. The molecule has 0 radical (unpaired) electrons. The van der Waals surface area contributed by atoms with Gasteiger partial charge in [-0.3, -0.25) is 4.79 Å². The molecule has 0 aliphatic carbocycles. The van der Waals surface area contributed by atoms with Crippen LogP contribution in [0.5, 0.6) is 11.6 Å². The van der Waals surface area contributed by atoms with Gasteiger partial charge in [0.15, 0.2) is 18.2 Å². The summed E-state index contributed by atoms with van der Waals surface area (Å²) in [4.78, 5) is 24.6. The molecule has 3 aromatic rings. The summed E-state index contributed by atoms with van der Waals surface area (Å²) < 4.78 is 16.4. The van der Waals surface area contributed by atoms with E-state index < -0.39 is 18.3 Å². The van der Waals surface area contributed by atoms with Gasteiger partial charge in [-0.15, -0.1) is 0 Å². The molecule has 5 rings (SSSR count). The number of fused-ring (bicyclic) bond motifs is 2. The topological polar surface area (TPSA) is 148 Å². The van der Waals surface area contributed by atoms with E-state index in [1.54, 1.807) is 24.3 Å². The van der Waals surface area contributed by atoms with Gasteiger partial charge in [-0.1, -0.05) is 12.1 Å². The Bertz CT molecular complexity index is 1220. The lowest BCUT2D eigenvalue weighted by Crippen LogP contribution is -2.45. The summed E-state index contributed by atoms with van der Waals surface area (Å²) in [6, 6.07) is 8.97. The van der Waals surface area contributed by atoms with Crippen LogP contribution in [0.2, 0.25) is 0 Å². The number of rotatable bonds is 7. The number of nitrogens with zero attached hydrogens (tertiary/aromatic N) is 3. The van der Waals surface area contributed by atoms with Crippen molar-refractivity contribution in [1.82, 2.24) is 20.3 Å². The first kappa shape index (κ1) is 23.4. The van der Waals surface area contributed by atoms with Gasteiger partial charge >= 0.3 is 0 Å². The van der Waals surface area contributed by atoms with Crippen molar-refractivity contribution in [2.45, 2.75) is 43.7 Å². The van der Waals surface area contributed by atoms with E-state index in [2.05, 4.69) is 25.6 Å². The number of hydrogen-bond donors (Lipinski definition) is 4. The zero-order valence-corrected chi connectivity index (χ0v) is 19.2. The van der Waals surface area contributed by atoms with Crippen molar-refractivity contribution in [3.63, 3.8) is 0 Å². The molecule has 0 unspecified atom stereocenters. The van der Waals surface area contributed by atoms with E-state index in [4.69, 9.17) is 14.2 Å². The zero-order chi connectivity index (χ0) is 24.4. The average molecular weight is 482 g/mol. The molecule has 35 heavy (non-hydrogen) atoms. The standard InChI is InChI=1S/C24H27N5O6/c1-33-20-10-26-16-4-2-3-15(21(16)29-20)22(31)23(32)17-7-6-14(11-34-17)25-9-13-5-8-18-24(27-13)28-19(30)12-35-18/h2-5,8,10,14,17,22-23,25,31-32H,6-7,9,11-12H2,1H3,(H,27,28,30)/t14-,17+,22-,23+/m1/s1. The number of aromatic nitrogens is 3. The number of aliphatic hydroxyl groups is 2. The third-order valence-corrected chi connectivity index (χ3v) is 6.23. The molecule has 11 nitrogen and oxygen atoms in total. The van der Waals surface area contributed by atoms with Crippen LogP contribution in [-0.2, 0) is 16.1 Å². The number of benzene rings is 1. The van der Waals surface area contributed by atoms with E-state index in [0.717, 1.165) is 12.1 Å². The van der Waals surface area contributed by atoms with Gasteiger partial charge in [0.1, 0.15) is 12.2 Å². The Balaban J connectivity index is 1.17. The van der Waals surface area contributed by atoms with E-state index in [0.29, 0.717) is 53.6 Å². The monoisotopic (exact) mass is 481 g/mol. The predicted octanol–water partition coefficient (Wildman–Crippen LogP) is 1.10. The normalized spacial score (nSPS) is 21.5. The molecular weight excluding hydrogens is 454 g/mol. The Hall–Kier alpha value is -3.38. The Morgan fingerprint density at radius 2 is 2.11 bits per heavy atom. The molecule has 1 aromatic carbocycles. The van der Waals surface area contributed by atoms with Crippen molar-refractivity contribution < 1.29 is 29.2 Å². The van der Waals surface area contributed by atoms with Crippen LogP contribution in [0.25, 0.3) is 11.0 Å². The molecule has 184 valence electrons. The highest BCUT2D eigenvalue weighted by Gasteiger charge is 2.33. The maximum absolute atomic E-state index is 11.5. The summed E-state index contributed by atoms with van der Waals surface area (Å²) >= 11 is 0. The molecule has 1 saturated heterocycles. The number of methoxy groups -OCH3 is 1. The second kappa shape index (κ2) is 10.1. The van der Waals surface area contributed by atoms with Crippen molar-refractivity contribution in [1.29, 1.82) is 0 Å². The van der Waals surface area contributed by atoms with Crippen molar-refractivity contribution in [3.05, 3.63) is 47.8 Å². The van der Waals surface area contributed by atoms with Crippen molar-refractivity contribution in [2.75, 3.05) is 25.6 Å². The summed E-state index contributed by atoms with van der Waals surface area (Å²) in [6.07, 6.45) is -0.00614. The number of pyridine rings is 1. The Morgan fingerprint density at radius 1 is 1.23 bits per heavy atom. The van der Waals surface area contributed by atoms with Crippen LogP contribution in [0.4, 0.5) is 5.82 Å². The molecule has 4 atom stereocenters. The first-order valence-electron chi connectivity index (χ1n) is 11.4. The summed E-state index contributed by atoms with van der Waals surface area (Å²) in [7, 11) is 1.50. The smallest absolute Gasteiger partial charge is 0.263 e. The quantitative estimate of drug-likeness (QED) is 0.387. The molecule has 2 aromatic heterocycles. The van der Waals surface area contributed by atoms with E-state index in [1.807, 2.05) is 6.07 Å². The number of aliphatic hydroxyl groups excluding tert-OH is 2. The summed E-state index contributed by atoms with van der Waals surface area (Å²) in [5.74, 6) is 1.09. The second-order valence-corrected chi connectivity index (χ2v) is 8.58. The largest absolute Gasteiger partial charge is 0.480 e. The first-order valence-corrected chi connectivity index (χ1v) is 11.4. The van der Waals surface area contributed by atoms with Gasteiger partial charge < -0.3 is 35.1 Å². The number of nitrogens with one attached hydrogen (secondary N) is 2. The number of anilines is 1. The van der Waals surface area contributed by atoms with E-state index >= 15 is 0 Å². The van der Waals surface area contributed by atoms with Crippen LogP contribution in [0.1, 0.15) is 30.2 Å². The lowest BCUT2D eigenvalue weighted by molar-refractivity contribution is -0.118. The number of carbonyl (C=O) groups is 1. The van der Waals surface area contributed by atoms with Crippen LogP contribution in [0.3, 0.4) is 0 Å². The Kier molecular flexibility index (Phi) is 6.73. The molecule has 1 fully saturated rings. The molecule has 4 heterocycles. The molecule has 11 heteroatoms. The van der Waals surface area contributed by atoms with Gasteiger partial charge in [-0.05, 0) is 31.0 Å². The van der Waals surface area contributed by atoms with Crippen LogP contribution >= 0.6 is 0 Å². The van der Waals surface area contributed by atoms with Crippen molar-refractivity contribution in [3.8, 4) is 11.6 Å². The molecule has 0 bridgehead atoms. The highest BCUT2D eigenvalue weighted by Crippen LogP contribution is 2.30. The van der Waals surface area contributed by atoms with Crippen LogP contribution in [0, 0.1) is 0 Å². The van der Waals surface area contributed by atoms with Gasteiger partial charge in [0, 0.05) is 18.2 Å². The molecular formula is C24H27N5O6. The third-order valence-electron chi connectivity index (χ3n) is 6.23. The van der Waals surface area contributed by atoms with E-state index in [-0.39, 0.29) is 18.6 Å². The molecule has 1 amide bonds. The fourth-order valence-corrected chi connectivity index (χ4v) is 4.32. The molecule has 0 spiro atoms. The Labute approximate surface area is 201 Å². The van der Waals surface area contributed by atoms with Gasteiger partial charge in [0.05, 0.1) is 42.7 Å². The minimum atomic E-state index is -1.19. The summed E-state index contributed by atoms with van der Waals surface area (Å²) in [5, 5.41) is 27.9. The average Bonchev–Trinajstić information content (AvgIpc) is 2.90. The third kappa shape index (κ3) is 5.03. The molecule has 0 saturated carbocycles. The minimum Gasteiger partial charge on any atom is -0.480 e. The van der Waals surface area contributed by atoms with E-state index in [9.17, 15) is 15.0 Å². The van der Waals surface area contributed by atoms with Gasteiger partial charge in [0.25, 0.3) is 5.91 Å². The summed E-state index contributed by atoms with van der Waals surface area (Å²) in [6.45, 7) is 0.863. The lowest BCUT2D eigenvalue weighted by atomic mass is 9.94. The molecule has 4 N–H and O–H groups in total. The lowest BCUT2D eigenvalue weighted by Gasteiger charge is -2.34. The number of ether oxygens (including phenoxy) is 3. The zero-order valence-electron chi connectivity index (χ0n) is 19.2. The fraction of sp³-hybridized carbons (Fsp3) is 0.417. The van der Waals surface area contributed by atoms with E-state index in [1.165, 1.54) is 13.3 Å². The maximum Gasteiger partial charge on any atom is 0.263 e. The SMILES string of the molecule is COc1cnc2cccc([C@@H](O)[C@@H](O)[C@@H]3CC[C@@H](NCc4ccc5c(n4)NC(=O)CO5)CO3)c2n1. The molecule has 2 aliphatic heterocycles. The van der Waals surface area contributed by atoms with Crippen LogP contribution < -0.4 is 20.1 Å². The Morgan fingerprint density at radius 3 is 2.91 bits per heavy atom. The van der Waals surface area contributed by atoms with Crippen LogP contribution in [-0.4, -0.2) is 69.6 Å². The number of carbonyl (C=O) groups excluding carboxylic acids is 1. The minimum absolute atomic E-state index is 0.00447.